The van der Waals surface area contributed by atoms with E-state index in [1.54, 1.807) is 13.0 Å². The van der Waals surface area contributed by atoms with Crippen LogP contribution >= 0.6 is 0 Å². The van der Waals surface area contributed by atoms with Crippen LogP contribution in [0.4, 0.5) is 10.1 Å². The molecule has 0 aromatic heterocycles. The summed E-state index contributed by atoms with van der Waals surface area (Å²) in [4.78, 5) is 14.8. The molecule has 1 aliphatic carbocycles. The lowest BCUT2D eigenvalue weighted by Gasteiger charge is -2.24. The normalized spacial score (nSPS) is 15.2. The minimum Gasteiger partial charge on any atom is -0.350 e. The summed E-state index contributed by atoms with van der Waals surface area (Å²) in [5, 5.41) is 2.88. The van der Waals surface area contributed by atoms with Gasteiger partial charge in [-0.05, 0) is 63.6 Å². The summed E-state index contributed by atoms with van der Waals surface area (Å²) in [6.07, 6.45) is 2.37. The van der Waals surface area contributed by atoms with Crippen LogP contribution in [-0.4, -0.2) is 44.9 Å². The lowest BCUT2D eigenvalue weighted by Crippen LogP contribution is -2.41. The molecule has 156 valence electrons. The molecule has 0 radical (unpaired) electrons. The third-order valence-electron chi connectivity index (χ3n) is 5.26. The van der Waals surface area contributed by atoms with Crippen molar-refractivity contribution in [1.29, 1.82) is 0 Å². The zero-order chi connectivity index (χ0) is 21.2. The number of sulfonamides is 1. The lowest BCUT2D eigenvalue weighted by atomic mass is 10.1. The first-order valence-corrected chi connectivity index (χ1v) is 11.1. The van der Waals surface area contributed by atoms with Crippen molar-refractivity contribution >= 4 is 21.6 Å². The van der Waals surface area contributed by atoms with Crippen LogP contribution in [0.2, 0.25) is 0 Å². The number of carbonyl (C=O) groups is 1. The summed E-state index contributed by atoms with van der Waals surface area (Å²) >= 11 is 0. The van der Waals surface area contributed by atoms with Crippen LogP contribution in [0, 0.1) is 12.7 Å². The van der Waals surface area contributed by atoms with Gasteiger partial charge >= 0.3 is 0 Å². The first-order valence-electron chi connectivity index (χ1n) is 9.57. The monoisotopic (exact) mass is 419 g/mol. The number of amides is 1. The number of anilines is 1. The fraction of sp³-hybridized carbons (Fsp3) is 0.381. The van der Waals surface area contributed by atoms with Gasteiger partial charge in [-0.2, -0.15) is 0 Å². The largest absolute Gasteiger partial charge is 0.350 e. The highest BCUT2D eigenvalue weighted by atomic mass is 32.2. The molecule has 2 aromatic carbocycles. The molecule has 1 atom stereocenters. The molecule has 0 spiro atoms. The molecular weight excluding hydrogens is 393 g/mol. The fourth-order valence-electron chi connectivity index (χ4n) is 3.08. The van der Waals surface area contributed by atoms with E-state index in [1.807, 2.05) is 14.0 Å². The molecule has 0 bridgehead atoms. The van der Waals surface area contributed by atoms with Gasteiger partial charge in [0.2, 0.25) is 0 Å². The highest BCUT2D eigenvalue weighted by molar-refractivity contribution is 7.92. The van der Waals surface area contributed by atoms with Crippen molar-refractivity contribution in [1.82, 2.24) is 10.2 Å². The summed E-state index contributed by atoms with van der Waals surface area (Å²) < 4.78 is 41.4. The van der Waals surface area contributed by atoms with E-state index in [1.165, 1.54) is 49.2 Å². The number of hydrogen-bond acceptors (Lipinski definition) is 4. The van der Waals surface area contributed by atoms with E-state index in [0.29, 0.717) is 18.2 Å². The van der Waals surface area contributed by atoms with Crippen molar-refractivity contribution in [2.75, 3.05) is 18.3 Å². The number of likely N-dealkylation sites (N-methyl/N-ethyl adjacent to an activating group) is 1. The third-order valence-corrected chi connectivity index (χ3v) is 6.62. The predicted octanol–water partition coefficient (Wildman–Crippen LogP) is 3.15. The van der Waals surface area contributed by atoms with Gasteiger partial charge in [0.25, 0.3) is 15.9 Å². The Hall–Kier alpha value is -2.45. The van der Waals surface area contributed by atoms with E-state index < -0.39 is 15.8 Å². The summed E-state index contributed by atoms with van der Waals surface area (Å²) in [5.41, 5.74) is 0.800. The molecule has 0 aliphatic heterocycles. The van der Waals surface area contributed by atoms with Gasteiger partial charge in [0.05, 0.1) is 10.6 Å². The van der Waals surface area contributed by atoms with Gasteiger partial charge in [-0.15, -0.1) is 0 Å². The smallest absolute Gasteiger partial charge is 0.262 e. The molecular formula is C21H26FN3O3S. The van der Waals surface area contributed by atoms with Crippen LogP contribution in [0.5, 0.6) is 0 Å². The zero-order valence-electron chi connectivity index (χ0n) is 16.8. The van der Waals surface area contributed by atoms with Gasteiger partial charge in [-0.3, -0.25) is 14.4 Å². The molecule has 1 amide bonds. The van der Waals surface area contributed by atoms with E-state index in [9.17, 15) is 17.6 Å². The number of aryl methyl sites for hydroxylation is 1. The van der Waals surface area contributed by atoms with Gasteiger partial charge in [-0.25, -0.2) is 12.8 Å². The fourth-order valence-corrected chi connectivity index (χ4v) is 4.17. The van der Waals surface area contributed by atoms with Crippen molar-refractivity contribution in [3.63, 3.8) is 0 Å². The predicted molar refractivity (Wildman–Crippen MR) is 111 cm³/mol. The van der Waals surface area contributed by atoms with Gasteiger partial charge < -0.3 is 5.32 Å². The first kappa shape index (κ1) is 21.3. The molecule has 6 nitrogen and oxygen atoms in total. The Morgan fingerprint density at radius 3 is 2.59 bits per heavy atom. The van der Waals surface area contributed by atoms with Crippen LogP contribution in [0.25, 0.3) is 0 Å². The second kappa shape index (κ2) is 8.51. The van der Waals surface area contributed by atoms with Crippen molar-refractivity contribution in [3.05, 3.63) is 59.4 Å². The number of rotatable bonds is 8. The highest BCUT2D eigenvalue weighted by Gasteiger charge is 2.29. The zero-order valence-corrected chi connectivity index (χ0v) is 17.6. The molecule has 1 aliphatic rings. The summed E-state index contributed by atoms with van der Waals surface area (Å²) in [7, 11) is -1.99. The molecule has 0 heterocycles. The SMILES string of the molecule is Cc1ccc(S(=O)(=O)Nc2ccccc2F)cc1C(=O)NCC(C)N(C)C1CC1. The summed E-state index contributed by atoms with van der Waals surface area (Å²) in [5.74, 6) is -1.00. The summed E-state index contributed by atoms with van der Waals surface area (Å²) in [6.45, 7) is 4.26. The van der Waals surface area contributed by atoms with Crippen LogP contribution in [-0.2, 0) is 10.0 Å². The van der Waals surface area contributed by atoms with E-state index in [0.717, 1.165) is 0 Å². The lowest BCUT2D eigenvalue weighted by molar-refractivity contribution is 0.0938. The number of hydrogen-bond donors (Lipinski definition) is 2. The Labute approximate surface area is 171 Å². The van der Waals surface area contributed by atoms with Crippen LogP contribution in [0.15, 0.2) is 47.4 Å². The molecule has 1 fully saturated rings. The number of halogens is 1. The molecule has 8 heteroatoms. The minimum atomic E-state index is -4.03. The number of benzene rings is 2. The highest BCUT2D eigenvalue weighted by Crippen LogP contribution is 2.26. The third kappa shape index (κ3) is 5.13. The van der Waals surface area contributed by atoms with Crippen LogP contribution in [0.3, 0.4) is 0 Å². The number of nitrogens with one attached hydrogen (secondary N) is 2. The Morgan fingerprint density at radius 2 is 1.93 bits per heavy atom. The van der Waals surface area contributed by atoms with Crippen molar-refractivity contribution in [3.8, 4) is 0 Å². The molecule has 2 aromatic rings. The van der Waals surface area contributed by atoms with E-state index in [-0.39, 0.29) is 28.1 Å². The second-order valence-electron chi connectivity index (χ2n) is 7.52. The molecule has 1 saturated carbocycles. The van der Waals surface area contributed by atoms with Gasteiger partial charge in [-0.1, -0.05) is 18.2 Å². The molecule has 2 N–H and O–H groups in total. The first-order chi connectivity index (χ1) is 13.7. The molecule has 0 saturated heterocycles. The topological polar surface area (TPSA) is 78.5 Å². The maximum absolute atomic E-state index is 13.8. The van der Waals surface area contributed by atoms with E-state index in [2.05, 4.69) is 14.9 Å². The summed E-state index contributed by atoms with van der Waals surface area (Å²) in [6, 6.07) is 10.6. The molecule has 3 rings (SSSR count). The average molecular weight is 420 g/mol. The Balaban J connectivity index is 1.74. The maximum Gasteiger partial charge on any atom is 0.262 e. The van der Waals surface area contributed by atoms with Crippen LogP contribution < -0.4 is 10.0 Å². The van der Waals surface area contributed by atoms with Gasteiger partial charge in [0.15, 0.2) is 0 Å². The average Bonchev–Trinajstić information content (AvgIpc) is 3.52. The standard InChI is InChI=1S/C21H26FN3O3S/c1-14-8-11-17(29(27,28)24-20-7-5-4-6-19(20)22)12-18(14)21(26)23-13-15(2)25(3)16-9-10-16/h4-8,11-12,15-16,24H,9-10,13H2,1-3H3,(H,23,26). The molecule has 1 unspecified atom stereocenters. The maximum atomic E-state index is 13.8. The van der Waals surface area contributed by atoms with Crippen molar-refractivity contribution in [2.24, 2.45) is 0 Å². The van der Waals surface area contributed by atoms with E-state index in [4.69, 9.17) is 0 Å². The number of para-hydroxylation sites is 1. The minimum absolute atomic E-state index is 0.0975. The molecule has 29 heavy (non-hydrogen) atoms. The van der Waals surface area contributed by atoms with Gasteiger partial charge in [0.1, 0.15) is 5.82 Å². The van der Waals surface area contributed by atoms with Gasteiger partial charge in [0, 0.05) is 24.2 Å². The Bertz CT molecular complexity index is 1010. The quantitative estimate of drug-likeness (QED) is 0.689. The Kier molecular flexibility index (Phi) is 6.24. The second-order valence-corrected chi connectivity index (χ2v) is 9.20. The Morgan fingerprint density at radius 1 is 1.24 bits per heavy atom. The van der Waals surface area contributed by atoms with E-state index >= 15 is 0 Å². The number of carbonyl (C=O) groups excluding carboxylic acids is 1. The van der Waals surface area contributed by atoms with Crippen molar-refractivity contribution in [2.45, 2.75) is 43.7 Å². The number of nitrogens with zero attached hydrogens (tertiary/aromatic N) is 1. The van der Waals surface area contributed by atoms with Crippen LogP contribution in [0.1, 0.15) is 35.7 Å². The van der Waals surface area contributed by atoms with Crippen molar-refractivity contribution < 1.29 is 17.6 Å².